The molecule has 0 aliphatic carbocycles. The maximum atomic E-state index is 14.5. The summed E-state index contributed by atoms with van der Waals surface area (Å²) in [5.41, 5.74) is 2.85. The van der Waals surface area contributed by atoms with Crippen molar-refractivity contribution >= 4 is 35.2 Å². The van der Waals surface area contributed by atoms with Crippen LogP contribution in [0.4, 0.5) is 24.7 Å². The predicted octanol–water partition coefficient (Wildman–Crippen LogP) is 6.37. The molecule has 0 bridgehead atoms. The summed E-state index contributed by atoms with van der Waals surface area (Å²) in [6, 6.07) is 6.40. The lowest BCUT2D eigenvalue weighted by atomic mass is 10.1. The van der Waals surface area contributed by atoms with E-state index in [4.69, 9.17) is 4.74 Å². The summed E-state index contributed by atoms with van der Waals surface area (Å²) in [5.74, 6) is 0.507. The number of aromatic amines is 1. The van der Waals surface area contributed by atoms with Gasteiger partial charge in [0.05, 0.1) is 17.7 Å². The third kappa shape index (κ3) is 10.3. The summed E-state index contributed by atoms with van der Waals surface area (Å²) in [7, 11) is 1.65. The number of alkyl halides is 3. The fraction of sp³-hybridized carbons (Fsp3) is 0.429. The minimum Gasteiger partial charge on any atom is -0.383 e. The normalized spacial score (nSPS) is 13.8. The van der Waals surface area contributed by atoms with Crippen molar-refractivity contribution in [3.05, 3.63) is 72.7 Å². The number of anilines is 2. The number of nitrogens with zero attached hydrogens (tertiary/aromatic N) is 5. The number of aromatic nitrogens is 3. The van der Waals surface area contributed by atoms with E-state index in [1.54, 1.807) is 44.4 Å². The second-order valence-electron chi connectivity index (χ2n) is 11.1. The highest BCUT2D eigenvalue weighted by molar-refractivity contribution is 5.92. The van der Waals surface area contributed by atoms with Crippen LogP contribution in [0.2, 0.25) is 0 Å². The van der Waals surface area contributed by atoms with Gasteiger partial charge in [0, 0.05) is 50.7 Å². The molecule has 260 valence electrons. The maximum absolute atomic E-state index is 14.5. The third-order valence-electron chi connectivity index (χ3n) is 8.02. The number of nitrogens with one attached hydrogen (secondary N) is 3. The summed E-state index contributed by atoms with van der Waals surface area (Å²) in [6.45, 7) is 18.1. The molecule has 0 radical (unpaired) electrons. The number of aliphatic imine (C=N–C) groups is 1. The molecule has 3 N–H and O–H groups in total. The summed E-state index contributed by atoms with van der Waals surface area (Å²) < 4.78 is 48.7. The number of H-pyrrole nitrogens is 1. The van der Waals surface area contributed by atoms with Crippen LogP contribution in [-0.4, -0.2) is 97.2 Å². The van der Waals surface area contributed by atoms with Gasteiger partial charge in [0.15, 0.2) is 6.04 Å². The summed E-state index contributed by atoms with van der Waals surface area (Å²) in [4.78, 5) is 31.9. The molecule has 2 aromatic heterocycles. The summed E-state index contributed by atoms with van der Waals surface area (Å²) in [6.07, 6.45) is 1.94. The van der Waals surface area contributed by atoms with Crippen LogP contribution in [-0.2, 0) is 9.53 Å². The van der Waals surface area contributed by atoms with Gasteiger partial charge >= 0.3 is 6.18 Å². The highest BCUT2D eigenvalue weighted by Gasteiger charge is 2.42. The molecule has 0 aliphatic heterocycles. The van der Waals surface area contributed by atoms with E-state index < -0.39 is 12.2 Å². The van der Waals surface area contributed by atoms with Gasteiger partial charge in [-0.3, -0.25) is 14.7 Å². The van der Waals surface area contributed by atoms with Crippen LogP contribution in [0, 0.1) is 0 Å². The third-order valence-corrected chi connectivity index (χ3v) is 8.02. The minimum atomic E-state index is -4.66. The van der Waals surface area contributed by atoms with Gasteiger partial charge in [0.2, 0.25) is 5.91 Å². The molecule has 2 unspecified atom stereocenters. The number of hydrogen-bond donors (Lipinski definition) is 3. The lowest BCUT2D eigenvalue weighted by Crippen LogP contribution is -2.43. The van der Waals surface area contributed by atoms with E-state index in [-0.39, 0.29) is 23.3 Å². The summed E-state index contributed by atoms with van der Waals surface area (Å²) in [5, 5.41) is 6.35. The number of rotatable bonds is 19. The van der Waals surface area contributed by atoms with E-state index in [1.807, 2.05) is 26.8 Å². The van der Waals surface area contributed by atoms with Crippen LogP contribution in [0.3, 0.4) is 0 Å². The van der Waals surface area contributed by atoms with Gasteiger partial charge in [-0.15, -0.1) is 0 Å². The van der Waals surface area contributed by atoms with Crippen LogP contribution in [0.5, 0.6) is 0 Å². The summed E-state index contributed by atoms with van der Waals surface area (Å²) >= 11 is 0. The Morgan fingerprint density at radius 1 is 1.17 bits per heavy atom. The number of hydrogen-bond acceptors (Lipinski definition) is 8. The molecule has 0 aliphatic rings. The molecule has 3 aromatic rings. The van der Waals surface area contributed by atoms with Crippen molar-refractivity contribution in [1.82, 2.24) is 25.2 Å². The monoisotopic (exact) mass is 668 g/mol. The fourth-order valence-corrected chi connectivity index (χ4v) is 5.23. The quantitative estimate of drug-likeness (QED) is 0.0773. The molecule has 0 saturated heterocycles. The van der Waals surface area contributed by atoms with Crippen molar-refractivity contribution in [3.63, 3.8) is 0 Å². The van der Waals surface area contributed by atoms with Crippen LogP contribution in [0.1, 0.15) is 34.1 Å². The molecule has 0 saturated carbocycles. The van der Waals surface area contributed by atoms with E-state index in [2.05, 4.69) is 53.7 Å². The molecule has 0 fully saturated rings. The number of fused-ring (bicyclic) bond motifs is 1. The SMILES string of the molecule is C=CC(=O)NC(CC)CN(CC)CC(/C=C(\N=C)C(Nc1ccc(-c2cc3c(N(CC)CCOC)ncnc3[nH]2)cc1)C(F)(F)F)=C/C. The number of halogens is 3. The zero-order chi connectivity index (χ0) is 35.3. The molecule has 2 atom stereocenters. The van der Waals surface area contributed by atoms with Crippen LogP contribution in [0.25, 0.3) is 22.3 Å². The number of methoxy groups -OCH3 is 1. The van der Waals surface area contributed by atoms with Gasteiger partial charge in [0.1, 0.15) is 17.8 Å². The molecular formula is C35H47F3N8O2. The Morgan fingerprint density at radius 2 is 1.90 bits per heavy atom. The lowest BCUT2D eigenvalue weighted by Gasteiger charge is -2.27. The highest BCUT2D eigenvalue weighted by Crippen LogP contribution is 2.32. The van der Waals surface area contributed by atoms with Crippen LogP contribution < -0.4 is 15.5 Å². The largest absolute Gasteiger partial charge is 0.414 e. The van der Waals surface area contributed by atoms with Gasteiger partial charge in [-0.2, -0.15) is 13.2 Å². The molecule has 0 spiro atoms. The zero-order valence-electron chi connectivity index (χ0n) is 28.4. The van der Waals surface area contributed by atoms with Crippen molar-refractivity contribution in [2.45, 2.75) is 52.4 Å². The molecule has 48 heavy (non-hydrogen) atoms. The Kier molecular flexibility index (Phi) is 14.4. The van der Waals surface area contributed by atoms with Crippen molar-refractivity contribution in [1.29, 1.82) is 0 Å². The molecule has 2 heterocycles. The molecular weight excluding hydrogens is 621 g/mol. The van der Waals surface area contributed by atoms with Gasteiger partial charge in [-0.1, -0.05) is 38.6 Å². The first-order chi connectivity index (χ1) is 23.0. The number of likely N-dealkylation sites (N-methyl/N-ethyl adjacent to an activating group) is 2. The van der Waals surface area contributed by atoms with E-state index >= 15 is 0 Å². The Balaban J connectivity index is 1.83. The molecule has 13 heteroatoms. The molecule has 1 amide bonds. The van der Waals surface area contributed by atoms with Crippen molar-refractivity contribution in [2.24, 2.45) is 4.99 Å². The number of amides is 1. The topological polar surface area (TPSA) is 111 Å². The van der Waals surface area contributed by atoms with E-state index in [0.29, 0.717) is 50.4 Å². The highest BCUT2D eigenvalue weighted by atomic mass is 19.4. The van der Waals surface area contributed by atoms with E-state index in [1.165, 1.54) is 18.5 Å². The number of carbonyl (C=O) groups excluding carboxylic acids is 1. The zero-order valence-corrected chi connectivity index (χ0v) is 28.4. The molecule has 10 nitrogen and oxygen atoms in total. The van der Waals surface area contributed by atoms with Crippen LogP contribution >= 0.6 is 0 Å². The first-order valence-corrected chi connectivity index (χ1v) is 16.0. The van der Waals surface area contributed by atoms with E-state index in [9.17, 15) is 18.0 Å². The van der Waals surface area contributed by atoms with Crippen molar-refractivity contribution in [2.75, 3.05) is 56.7 Å². The van der Waals surface area contributed by atoms with Crippen molar-refractivity contribution in [3.8, 4) is 11.3 Å². The van der Waals surface area contributed by atoms with Gasteiger partial charge in [0.25, 0.3) is 0 Å². The Hall–Kier alpha value is -4.49. The maximum Gasteiger partial charge on any atom is 0.414 e. The second-order valence-corrected chi connectivity index (χ2v) is 11.1. The average molecular weight is 669 g/mol. The second kappa shape index (κ2) is 18.2. The number of benzene rings is 1. The molecule has 1 aromatic carbocycles. The Morgan fingerprint density at radius 3 is 2.46 bits per heavy atom. The van der Waals surface area contributed by atoms with E-state index in [0.717, 1.165) is 29.0 Å². The number of ether oxygens (including phenoxy) is 1. The fourth-order valence-electron chi connectivity index (χ4n) is 5.23. The molecule has 3 rings (SSSR count). The first kappa shape index (κ1) is 38.0. The Labute approximate surface area is 280 Å². The lowest BCUT2D eigenvalue weighted by molar-refractivity contribution is -0.134. The number of allylic oxidation sites excluding steroid dienone is 1. The first-order valence-electron chi connectivity index (χ1n) is 16.0. The van der Waals surface area contributed by atoms with Crippen molar-refractivity contribution < 1.29 is 22.7 Å². The smallest absolute Gasteiger partial charge is 0.383 e. The minimum absolute atomic E-state index is 0.131. The van der Waals surface area contributed by atoms with Gasteiger partial charge in [-0.25, -0.2) is 9.97 Å². The standard InChI is InChI=1S/C35H47F3N8O2/c1-8-24(21-45(11-4)22-26(9-2)42-31(47)10-3)19-30(39-6)32(35(36,37)38)43-27-15-13-25(14-16-27)29-20-28-33(44-29)40-23-41-34(28)46(12-5)17-18-48-7/h8,10,13-16,19-20,23,26,32,43H,3,6,9,11-12,17-18,21-22H2,1-2,4-5,7H3,(H,42,47)(H,40,41,44)/b24-8+,30-19-. The van der Waals surface area contributed by atoms with Gasteiger partial charge < -0.3 is 25.3 Å². The van der Waals surface area contributed by atoms with Gasteiger partial charge in [-0.05, 0) is 75.0 Å². The number of carbonyl (C=O) groups is 1. The average Bonchev–Trinajstić information content (AvgIpc) is 3.53. The Bertz CT molecular complexity index is 1570. The predicted molar refractivity (Wildman–Crippen MR) is 188 cm³/mol. The van der Waals surface area contributed by atoms with Crippen LogP contribution in [0.15, 0.2) is 77.7 Å².